The zero-order chi connectivity index (χ0) is 31.0. The second kappa shape index (κ2) is 18.1. The topological polar surface area (TPSA) is 96.5 Å². The first kappa shape index (κ1) is 33.0. The first-order valence-electron chi connectivity index (χ1n) is 15.1. The third kappa shape index (κ3) is 10.1. The maximum atomic E-state index is 14.4. The Balaban J connectivity index is 1.18. The van der Waals surface area contributed by atoms with Crippen molar-refractivity contribution < 1.29 is 37.6 Å². The molecular weight excluding hydrogens is 567 g/mol. The number of carbonyl (C=O) groups excluding carboxylic acids is 1. The zero-order valence-corrected chi connectivity index (χ0v) is 25.5. The summed E-state index contributed by atoms with van der Waals surface area (Å²) in [7, 11) is 2.95. The number of nitrogens with one attached hydrogen (secondary N) is 2. The van der Waals surface area contributed by atoms with E-state index >= 15 is 0 Å². The molecule has 0 saturated carbocycles. The smallest absolute Gasteiger partial charge is 0.406 e. The fourth-order valence-electron chi connectivity index (χ4n) is 5.18. The molecule has 0 spiro atoms. The van der Waals surface area contributed by atoms with E-state index in [1.807, 2.05) is 36.4 Å². The van der Waals surface area contributed by atoms with Gasteiger partial charge < -0.3 is 39.1 Å². The van der Waals surface area contributed by atoms with Crippen LogP contribution in [0.5, 0.6) is 17.2 Å². The van der Waals surface area contributed by atoms with Gasteiger partial charge in [0.25, 0.3) is 0 Å². The standard InChI is InChI=1S/C34H43FN2O7/c1-39-31-9-4-3-7-26(31)24-41-19-6-20-42-27-13-11-25(12-14-27)28-15-17-36-23-33(28)44-22-21-43-32-10-5-8-30(35)29(32)16-18-37-34(38)40-2/h3-5,7-14,28,33,36H,6,15-24H2,1-2H3,(H,37,38)/t28-,33+/m1/s1. The molecule has 10 heteroatoms. The Bertz CT molecular complexity index is 1290. The summed E-state index contributed by atoms with van der Waals surface area (Å²) in [4.78, 5) is 11.3. The summed E-state index contributed by atoms with van der Waals surface area (Å²) in [6.45, 7) is 4.20. The van der Waals surface area contributed by atoms with Crippen LogP contribution >= 0.6 is 0 Å². The molecule has 9 nitrogen and oxygen atoms in total. The van der Waals surface area contributed by atoms with Crippen molar-refractivity contribution in [2.75, 3.05) is 60.3 Å². The van der Waals surface area contributed by atoms with Crippen LogP contribution in [0.1, 0.15) is 35.4 Å². The first-order chi connectivity index (χ1) is 21.6. The van der Waals surface area contributed by atoms with Crippen LogP contribution in [0.15, 0.2) is 66.7 Å². The van der Waals surface area contributed by atoms with E-state index in [2.05, 4.69) is 27.5 Å². The molecular formula is C34H43FN2O7. The van der Waals surface area contributed by atoms with Crippen molar-refractivity contribution in [3.05, 3.63) is 89.2 Å². The number of ether oxygens (including phenoxy) is 6. The van der Waals surface area contributed by atoms with Crippen LogP contribution in [-0.4, -0.2) is 72.5 Å². The Kier molecular flexibility index (Phi) is 13.6. The van der Waals surface area contributed by atoms with Crippen LogP contribution in [0.4, 0.5) is 9.18 Å². The lowest BCUT2D eigenvalue weighted by molar-refractivity contribution is 0.00716. The minimum absolute atomic E-state index is 0.0178. The van der Waals surface area contributed by atoms with E-state index in [9.17, 15) is 9.18 Å². The highest BCUT2D eigenvalue weighted by molar-refractivity contribution is 5.66. The quantitative estimate of drug-likeness (QED) is 0.200. The number of benzene rings is 3. The zero-order valence-electron chi connectivity index (χ0n) is 25.5. The number of alkyl carbamates (subject to hydrolysis) is 1. The average Bonchev–Trinajstić information content (AvgIpc) is 3.06. The van der Waals surface area contributed by atoms with Crippen molar-refractivity contribution in [2.24, 2.45) is 0 Å². The highest BCUT2D eigenvalue weighted by atomic mass is 19.1. The fourth-order valence-corrected chi connectivity index (χ4v) is 5.18. The van der Waals surface area contributed by atoms with E-state index in [0.29, 0.717) is 37.7 Å². The number of rotatable bonds is 17. The summed E-state index contributed by atoms with van der Waals surface area (Å²) in [5, 5.41) is 5.98. The summed E-state index contributed by atoms with van der Waals surface area (Å²) in [5.74, 6) is 1.96. The summed E-state index contributed by atoms with van der Waals surface area (Å²) in [5.41, 5.74) is 2.64. The predicted octanol–water partition coefficient (Wildman–Crippen LogP) is 5.26. The van der Waals surface area contributed by atoms with Crippen LogP contribution in [0.25, 0.3) is 0 Å². The lowest BCUT2D eigenvalue weighted by atomic mass is 9.88. The van der Waals surface area contributed by atoms with Crippen molar-refractivity contribution in [1.29, 1.82) is 0 Å². The Morgan fingerprint density at radius 2 is 1.75 bits per heavy atom. The monoisotopic (exact) mass is 610 g/mol. The fraction of sp³-hybridized carbons (Fsp3) is 0.441. The van der Waals surface area contributed by atoms with Gasteiger partial charge in [0.15, 0.2) is 0 Å². The maximum Gasteiger partial charge on any atom is 0.406 e. The predicted molar refractivity (Wildman–Crippen MR) is 165 cm³/mol. The van der Waals surface area contributed by atoms with E-state index in [0.717, 1.165) is 43.0 Å². The molecule has 238 valence electrons. The number of carbonyl (C=O) groups is 1. The third-order valence-electron chi connectivity index (χ3n) is 7.46. The Morgan fingerprint density at radius 1 is 0.932 bits per heavy atom. The Hall–Kier alpha value is -3.86. The molecule has 1 aliphatic rings. The molecule has 2 atom stereocenters. The van der Waals surface area contributed by atoms with Crippen molar-refractivity contribution >= 4 is 6.09 Å². The Labute approximate surface area is 258 Å². The van der Waals surface area contributed by atoms with Crippen LogP contribution in [-0.2, 0) is 27.2 Å². The van der Waals surface area contributed by atoms with Crippen molar-refractivity contribution in [1.82, 2.24) is 10.6 Å². The highest BCUT2D eigenvalue weighted by Gasteiger charge is 2.27. The van der Waals surface area contributed by atoms with Crippen molar-refractivity contribution in [2.45, 2.75) is 37.9 Å². The number of piperidine rings is 1. The van der Waals surface area contributed by atoms with Gasteiger partial charge in [0.1, 0.15) is 29.7 Å². The number of hydrogen-bond acceptors (Lipinski definition) is 8. The molecule has 0 unspecified atom stereocenters. The largest absolute Gasteiger partial charge is 0.496 e. The maximum absolute atomic E-state index is 14.4. The van der Waals surface area contributed by atoms with Gasteiger partial charge in [-0.15, -0.1) is 0 Å². The van der Waals surface area contributed by atoms with Crippen LogP contribution in [0.3, 0.4) is 0 Å². The van der Waals surface area contributed by atoms with Gasteiger partial charge in [0, 0.05) is 36.6 Å². The molecule has 2 N–H and O–H groups in total. The number of halogens is 1. The lowest BCUT2D eigenvalue weighted by Crippen LogP contribution is -2.41. The Morgan fingerprint density at radius 3 is 2.57 bits per heavy atom. The first-order valence-corrected chi connectivity index (χ1v) is 15.1. The van der Waals surface area contributed by atoms with E-state index in [1.165, 1.54) is 18.7 Å². The van der Waals surface area contributed by atoms with Gasteiger partial charge in [-0.2, -0.15) is 0 Å². The molecule has 44 heavy (non-hydrogen) atoms. The molecule has 0 aromatic heterocycles. The minimum Gasteiger partial charge on any atom is -0.496 e. The third-order valence-corrected chi connectivity index (χ3v) is 7.46. The number of amides is 1. The second-order valence-electron chi connectivity index (χ2n) is 10.4. The van der Waals surface area contributed by atoms with Gasteiger partial charge in [-0.05, 0) is 55.3 Å². The normalized spacial score (nSPS) is 16.2. The van der Waals surface area contributed by atoms with Gasteiger partial charge in [-0.3, -0.25) is 0 Å². The van der Waals surface area contributed by atoms with Gasteiger partial charge in [0.2, 0.25) is 0 Å². The van der Waals surface area contributed by atoms with Crippen molar-refractivity contribution in [3.63, 3.8) is 0 Å². The molecule has 1 saturated heterocycles. The summed E-state index contributed by atoms with van der Waals surface area (Å²) >= 11 is 0. The molecule has 1 amide bonds. The van der Waals surface area contributed by atoms with Gasteiger partial charge in [0.05, 0.1) is 46.8 Å². The molecule has 1 fully saturated rings. The van der Waals surface area contributed by atoms with E-state index in [4.69, 9.17) is 23.7 Å². The lowest BCUT2D eigenvalue weighted by Gasteiger charge is -2.32. The molecule has 0 bridgehead atoms. The number of hydrogen-bond donors (Lipinski definition) is 2. The molecule has 4 rings (SSSR count). The van der Waals surface area contributed by atoms with Crippen LogP contribution < -0.4 is 24.8 Å². The van der Waals surface area contributed by atoms with E-state index in [-0.39, 0.29) is 37.4 Å². The molecule has 1 aliphatic heterocycles. The average molecular weight is 611 g/mol. The summed E-state index contributed by atoms with van der Waals surface area (Å²) < 4.78 is 48.2. The van der Waals surface area contributed by atoms with E-state index < -0.39 is 6.09 Å². The summed E-state index contributed by atoms with van der Waals surface area (Å²) in [6, 6.07) is 20.8. The molecule has 3 aromatic carbocycles. The van der Waals surface area contributed by atoms with Gasteiger partial charge in [-0.25, -0.2) is 9.18 Å². The molecule has 0 aliphatic carbocycles. The summed E-state index contributed by atoms with van der Waals surface area (Å²) in [6.07, 6.45) is 1.44. The molecule has 1 heterocycles. The van der Waals surface area contributed by atoms with Crippen molar-refractivity contribution in [3.8, 4) is 17.2 Å². The molecule has 3 aromatic rings. The van der Waals surface area contributed by atoms with E-state index in [1.54, 1.807) is 19.2 Å². The minimum atomic E-state index is -0.558. The van der Waals surface area contributed by atoms with Gasteiger partial charge in [-0.1, -0.05) is 36.4 Å². The highest BCUT2D eigenvalue weighted by Crippen LogP contribution is 2.29. The SMILES string of the molecule is COC(=O)NCCc1c(F)cccc1OCCO[C@H]1CNCC[C@@H]1c1ccc(OCCCOCc2ccccc2OC)cc1. The second-order valence-corrected chi connectivity index (χ2v) is 10.4. The van der Waals surface area contributed by atoms with Crippen LogP contribution in [0.2, 0.25) is 0 Å². The van der Waals surface area contributed by atoms with Gasteiger partial charge >= 0.3 is 6.09 Å². The molecule has 0 radical (unpaired) electrons. The van der Waals surface area contributed by atoms with Crippen LogP contribution in [0, 0.1) is 5.82 Å². The number of methoxy groups -OCH3 is 2. The number of para-hydroxylation sites is 1.